The van der Waals surface area contributed by atoms with Crippen LogP contribution in [0.5, 0.6) is 0 Å². The van der Waals surface area contributed by atoms with Gasteiger partial charge in [0, 0.05) is 16.8 Å². The number of imidazole rings is 1. The Balaban J connectivity index is 1.76. The Labute approximate surface area is 145 Å². The molecule has 4 rings (SSSR count). The van der Waals surface area contributed by atoms with E-state index in [1.54, 1.807) is 24.3 Å². The molecular formula is C17H10ClN3O2S. The lowest BCUT2D eigenvalue weighted by Gasteiger charge is -2.04. The van der Waals surface area contributed by atoms with Gasteiger partial charge in [-0.05, 0) is 36.4 Å². The molecule has 0 bridgehead atoms. The first kappa shape index (κ1) is 14.9. The van der Waals surface area contributed by atoms with Crippen molar-refractivity contribution < 1.29 is 4.79 Å². The number of amides is 1. The minimum Gasteiger partial charge on any atom is -0.321 e. The third-order valence-electron chi connectivity index (χ3n) is 3.53. The predicted octanol–water partition coefficient (Wildman–Crippen LogP) is 3.81. The third-order valence-corrected chi connectivity index (χ3v) is 4.76. The molecule has 2 aromatic heterocycles. The van der Waals surface area contributed by atoms with Crippen LogP contribution in [0.1, 0.15) is 9.67 Å². The molecule has 0 aliphatic heterocycles. The number of rotatable bonds is 2. The van der Waals surface area contributed by atoms with E-state index in [1.807, 2.05) is 24.3 Å². The molecule has 2 aromatic carbocycles. The molecule has 0 fully saturated rings. The Hall–Kier alpha value is -2.70. The van der Waals surface area contributed by atoms with E-state index in [2.05, 4.69) is 10.3 Å². The maximum absolute atomic E-state index is 12.4. The molecule has 4 aromatic rings. The predicted molar refractivity (Wildman–Crippen MR) is 96.3 cm³/mol. The molecule has 0 atom stereocenters. The lowest BCUT2D eigenvalue weighted by atomic mass is 10.3. The molecule has 0 saturated heterocycles. The summed E-state index contributed by atoms with van der Waals surface area (Å²) < 4.78 is 1.51. The molecule has 24 heavy (non-hydrogen) atoms. The molecule has 0 aliphatic carbocycles. The highest BCUT2D eigenvalue weighted by Crippen LogP contribution is 2.20. The number of anilines is 1. The van der Waals surface area contributed by atoms with Crippen LogP contribution in [0.4, 0.5) is 5.69 Å². The van der Waals surface area contributed by atoms with Gasteiger partial charge < -0.3 is 5.32 Å². The number of nitrogens with one attached hydrogen (secondary N) is 1. The van der Waals surface area contributed by atoms with Crippen LogP contribution in [0.2, 0.25) is 5.02 Å². The highest BCUT2D eigenvalue weighted by molar-refractivity contribution is 7.18. The van der Waals surface area contributed by atoms with Crippen LogP contribution in [0, 0.1) is 0 Å². The Morgan fingerprint density at radius 1 is 1.12 bits per heavy atom. The first-order chi connectivity index (χ1) is 11.6. The second-order valence-corrected chi connectivity index (χ2v) is 6.57. The maximum atomic E-state index is 12.4. The number of fused-ring (bicyclic) bond motifs is 3. The van der Waals surface area contributed by atoms with E-state index < -0.39 is 0 Å². The number of aromatic nitrogens is 2. The smallest absolute Gasteiger partial charge is 0.266 e. The average Bonchev–Trinajstić information content (AvgIpc) is 2.95. The molecule has 2 heterocycles. The van der Waals surface area contributed by atoms with Crippen LogP contribution in [0.3, 0.4) is 0 Å². The minimum atomic E-state index is -0.353. The van der Waals surface area contributed by atoms with Crippen LogP contribution >= 0.6 is 22.9 Å². The van der Waals surface area contributed by atoms with Gasteiger partial charge >= 0.3 is 0 Å². The zero-order valence-electron chi connectivity index (χ0n) is 12.2. The number of hydrogen-bond donors (Lipinski definition) is 1. The van der Waals surface area contributed by atoms with Crippen LogP contribution in [-0.4, -0.2) is 15.3 Å². The van der Waals surface area contributed by atoms with Gasteiger partial charge in [0.25, 0.3) is 11.5 Å². The van der Waals surface area contributed by atoms with Crippen molar-refractivity contribution in [2.24, 2.45) is 0 Å². The summed E-state index contributed by atoms with van der Waals surface area (Å²) in [4.78, 5) is 30.0. The van der Waals surface area contributed by atoms with E-state index in [-0.39, 0.29) is 11.5 Å². The maximum Gasteiger partial charge on any atom is 0.266 e. The molecule has 118 valence electrons. The zero-order valence-corrected chi connectivity index (χ0v) is 13.8. The molecule has 1 N–H and O–H groups in total. The van der Waals surface area contributed by atoms with Gasteiger partial charge in [-0.3, -0.25) is 14.0 Å². The average molecular weight is 356 g/mol. The van der Waals surface area contributed by atoms with Crippen molar-refractivity contribution in [3.8, 4) is 0 Å². The SMILES string of the molecule is O=C(Nc1ccc(Cl)cc1)c1cc(=O)n2c(nc3ccccc32)s1. The Kier molecular flexibility index (Phi) is 3.55. The van der Waals surface area contributed by atoms with Gasteiger partial charge in [0.2, 0.25) is 0 Å². The molecule has 0 unspecified atom stereocenters. The fraction of sp³-hybridized carbons (Fsp3) is 0. The second kappa shape index (κ2) is 5.74. The highest BCUT2D eigenvalue weighted by Gasteiger charge is 2.14. The molecule has 0 radical (unpaired) electrons. The normalized spacial score (nSPS) is 11.0. The van der Waals surface area contributed by atoms with Crippen molar-refractivity contribution in [1.82, 2.24) is 9.38 Å². The largest absolute Gasteiger partial charge is 0.321 e. The third kappa shape index (κ3) is 2.55. The first-order valence-electron chi connectivity index (χ1n) is 7.10. The number of carbonyl (C=O) groups excluding carboxylic acids is 1. The summed E-state index contributed by atoms with van der Waals surface area (Å²) in [6, 6.07) is 15.5. The van der Waals surface area contributed by atoms with Crippen molar-refractivity contribution in [2.75, 3.05) is 5.32 Å². The van der Waals surface area contributed by atoms with Crippen LogP contribution < -0.4 is 10.9 Å². The van der Waals surface area contributed by atoms with Gasteiger partial charge in [-0.15, -0.1) is 0 Å². The summed E-state index contributed by atoms with van der Waals surface area (Å²) in [6.07, 6.45) is 0. The van der Waals surface area contributed by atoms with Gasteiger partial charge in [-0.25, -0.2) is 4.98 Å². The van der Waals surface area contributed by atoms with Crippen molar-refractivity contribution in [3.05, 3.63) is 74.9 Å². The molecule has 0 aliphatic rings. The summed E-state index contributed by atoms with van der Waals surface area (Å²) in [7, 11) is 0. The van der Waals surface area contributed by atoms with E-state index in [0.717, 1.165) is 11.0 Å². The fourth-order valence-corrected chi connectivity index (χ4v) is 3.48. The first-order valence-corrected chi connectivity index (χ1v) is 8.29. The lowest BCUT2D eigenvalue weighted by Crippen LogP contribution is -2.17. The van der Waals surface area contributed by atoms with Gasteiger partial charge in [-0.1, -0.05) is 35.1 Å². The zero-order chi connectivity index (χ0) is 16.7. The van der Waals surface area contributed by atoms with E-state index in [1.165, 1.54) is 21.8 Å². The van der Waals surface area contributed by atoms with Gasteiger partial charge in [-0.2, -0.15) is 0 Å². The highest BCUT2D eigenvalue weighted by atomic mass is 35.5. The number of hydrogen-bond acceptors (Lipinski definition) is 4. The summed E-state index contributed by atoms with van der Waals surface area (Å²) in [6.45, 7) is 0. The molecular weight excluding hydrogens is 346 g/mol. The van der Waals surface area contributed by atoms with E-state index in [9.17, 15) is 9.59 Å². The van der Waals surface area contributed by atoms with Crippen LogP contribution in [0.25, 0.3) is 16.0 Å². The fourth-order valence-electron chi connectivity index (χ4n) is 2.43. The van der Waals surface area contributed by atoms with E-state index in [0.29, 0.717) is 20.5 Å². The standard InChI is InChI=1S/C17H10ClN3O2S/c18-10-5-7-11(8-6-10)19-16(23)14-9-15(22)21-13-4-2-1-3-12(13)20-17(21)24-14/h1-9H,(H,19,23). The van der Waals surface area contributed by atoms with Crippen molar-refractivity contribution >= 4 is 50.5 Å². The van der Waals surface area contributed by atoms with Crippen LogP contribution in [-0.2, 0) is 0 Å². The lowest BCUT2D eigenvalue weighted by molar-refractivity contribution is 0.103. The Bertz CT molecular complexity index is 1130. The topological polar surface area (TPSA) is 63.5 Å². The summed E-state index contributed by atoms with van der Waals surface area (Å²) in [5.74, 6) is -0.353. The minimum absolute atomic E-state index is 0.279. The summed E-state index contributed by atoms with van der Waals surface area (Å²) >= 11 is 7.00. The molecule has 1 amide bonds. The van der Waals surface area contributed by atoms with Crippen LogP contribution in [0.15, 0.2) is 59.4 Å². The van der Waals surface area contributed by atoms with Crippen molar-refractivity contribution in [1.29, 1.82) is 0 Å². The second-order valence-electron chi connectivity index (χ2n) is 5.13. The monoisotopic (exact) mass is 355 g/mol. The van der Waals surface area contributed by atoms with E-state index >= 15 is 0 Å². The number of nitrogens with zero attached hydrogens (tertiary/aromatic N) is 2. The van der Waals surface area contributed by atoms with Crippen molar-refractivity contribution in [3.63, 3.8) is 0 Å². The van der Waals surface area contributed by atoms with Gasteiger partial charge in [0.15, 0.2) is 4.96 Å². The Morgan fingerprint density at radius 3 is 2.67 bits per heavy atom. The molecule has 7 heteroatoms. The number of para-hydroxylation sites is 2. The Morgan fingerprint density at radius 2 is 1.88 bits per heavy atom. The number of carbonyl (C=O) groups is 1. The number of benzene rings is 2. The quantitative estimate of drug-likeness (QED) is 0.594. The molecule has 5 nitrogen and oxygen atoms in total. The summed E-state index contributed by atoms with van der Waals surface area (Å²) in [5.41, 5.74) is 1.79. The molecule has 0 spiro atoms. The number of halogens is 1. The van der Waals surface area contributed by atoms with Gasteiger partial charge in [0.1, 0.15) is 4.88 Å². The van der Waals surface area contributed by atoms with Crippen molar-refractivity contribution in [2.45, 2.75) is 0 Å². The van der Waals surface area contributed by atoms with E-state index in [4.69, 9.17) is 11.6 Å². The molecule has 0 saturated carbocycles. The van der Waals surface area contributed by atoms with Gasteiger partial charge in [0.05, 0.1) is 11.0 Å². The summed E-state index contributed by atoms with van der Waals surface area (Å²) in [5, 5.41) is 3.33.